The number of carbonyl (C=O) groups excluding carboxylic acids is 1. The number of aryl methyl sites for hydroxylation is 1. The van der Waals surface area contributed by atoms with E-state index in [-0.39, 0.29) is 34.8 Å². The summed E-state index contributed by atoms with van der Waals surface area (Å²) in [5.41, 5.74) is 2.87. The van der Waals surface area contributed by atoms with Crippen LogP contribution >= 0.6 is 23.7 Å². The van der Waals surface area contributed by atoms with E-state index in [0.717, 1.165) is 29.9 Å². The topological polar surface area (TPSA) is 84.5 Å². The maximum absolute atomic E-state index is 12.8. The van der Waals surface area contributed by atoms with Crippen LogP contribution in [0.5, 0.6) is 0 Å². The number of methoxy groups -OCH3 is 1. The summed E-state index contributed by atoms with van der Waals surface area (Å²) in [4.78, 5) is 12.0. The van der Waals surface area contributed by atoms with Crippen molar-refractivity contribution in [1.82, 2.24) is 10.0 Å². The number of hydrogen-bond donors (Lipinski definition) is 2. The fourth-order valence-electron chi connectivity index (χ4n) is 3.04. The smallest absolute Gasteiger partial charge is 0.349 e. The minimum absolute atomic E-state index is 0. The van der Waals surface area contributed by atoms with E-state index in [9.17, 15) is 13.2 Å². The van der Waals surface area contributed by atoms with Crippen molar-refractivity contribution in [2.45, 2.75) is 24.3 Å². The van der Waals surface area contributed by atoms with E-state index in [0.29, 0.717) is 5.56 Å². The van der Waals surface area contributed by atoms with Gasteiger partial charge in [0.05, 0.1) is 7.11 Å². The van der Waals surface area contributed by atoms with Gasteiger partial charge in [-0.05, 0) is 42.0 Å². The van der Waals surface area contributed by atoms with Crippen molar-refractivity contribution in [2.75, 3.05) is 20.2 Å². The summed E-state index contributed by atoms with van der Waals surface area (Å²) in [5, 5.41) is 4.99. The zero-order chi connectivity index (χ0) is 18.0. The third-order valence-corrected chi connectivity index (χ3v) is 7.07. The molecule has 0 amide bonds. The third kappa shape index (κ3) is 4.10. The predicted octanol–water partition coefficient (Wildman–Crippen LogP) is 2.43. The summed E-state index contributed by atoms with van der Waals surface area (Å²) >= 11 is 1.08. The number of hydrogen-bond acceptors (Lipinski definition) is 6. The van der Waals surface area contributed by atoms with Crippen LogP contribution in [-0.2, 0) is 21.2 Å². The molecule has 2 N–H and O–H groups in total. The molecule has 142 valence electrons. The molecule has 1 unspecified atom stereocenters. The molecule has 1 aliphatic heterocycles. The van der Waals surface area contributed by atoms with Gasteiger partial charge in [0, 0.05) is 12.6 Å². The number of benzene rings is 1. The number of ether oxygens (including phenoxy) is 1. The van der Waals surface area contributed by atoms with Crippen LogP contribution in [0, 0.1) is 6.92 Å². The Labute approximate surface area is 163 Å². The number of nitrogens with one attached hydrogen (secondary N) is 2. The van der Waals surface area contributed by atoms with E-state index in [2.05, 4.69) is 16.1 Å². The van der Waals surface area contributed by atoms with Gasteiger partial charge in [-0.3, -0.25) is 0 Å². The van der Waals surface area contributed by atoms with Crippen LogP contribution in [0.3, 0.4) is 0 Å². The van der Waals surface area contributed by atoms with Crippen LogP contribution in [0.1, 0.15) is 32.4 Å². The second-order valence-corrected chi connectivity index (χ2v) is 8.46. The zero-order valence-corrected chi connectivity index (χ0v) is 16.9. The van der Waals surface area contributed by atoms with Crippen molar-refractivity contribution < 1.29 is 17.9 Å². The first-order valence-electron chi connectivity index (χ1n) is 7.91. The van der Waals surface area contributed by atoms with E-state index in [4.69, 9.17) is 4.74 Å². The van der Waals surface area contributed by atoms with Gasteiger partial charge in [0.2, 0.25) is 10.0 Å². The largest absolute Gasteiger partial charge is 0.465 e. The van der Waals surface area contributed by atoms with Crippen LogP contribution in [0.4, 0.5) is 0 Å². The Bertz CT molecular complexity index is 896. The van der Waals surface area contributed by atoms with Crippen LogP contribution in [0.25, 0.3) is 0 Å². The van der Waals surface area contributed by atoms with Crippen molar-refractivity contribution in [2.24, 2.45) is 0 Å². The summed E-state index contributed by atoms with van der Waals surface area (Å²) in [6.07, 6.45) is 0.926. The van der Waals surface area contributed by atoms with E-state index in [1.54, 1.807) is 12.3 Å². The molecule has 26 heavy (non-hydrogen) atoms. The lowest BCUT2D eigenvalue weighted by molar-refractivity contribution is 0.0602. The Hall–Kier alpha value is -1.45. The lowest BCUT2D eigenvalue weighted by Gasteiger charge is -2.27. The molecule has 0 radical (unpaired) electrons. The fourth-order valence-corrected chi connectivity index (χ4v) is 5.79. The molecule has 0 fully saturated rings. The van der Waals surface area contributed by atoms with Gasteiger partial charge >= 0.3 is 5.97 Å². The first kappa shape index (κ1) is 20.9. The summed E-state index contributed by atoms with van der Waals surface area (Å²) < 4.78 is 32.9. The third-order valence-electron chi connectivity index (χ3n) is 4.25. The highest BCUT2D eigenvalue weighted by Crippen LogP contribution is 2.28. The summed E-state index contributed by atoms with van der Waals surface area (Å²) in [5.74, 6) is -0.639. The second-order valence-electron chi connectivity index (χ2n) is 5.88. The Morgan fingerprint density at radius 2 is 2.12 bits per heavy atom. The monoisotopic (exact) mass is 416 g/mol. The highest BCUT2D eigenvalue weighted by molar-refractivity contribution is 7.89. The number of carbonyl (C=O) groups is 1. The molecule has 1 aliphatic rings. The van der Waals surface area contributed by atoms with E-state index in [1.807, 2.05) is 18.2 Å². The van der Waals surface area contributed by atoms with Crippen LogP contribution in [-0.4, -0.2) is 34.6 Å². The quantitative estimate of drug-likeness (QED) is 0.731. The normalized spacial score (nSPS) is 16.5. The molecule has 0 aliphatic carbocycles. The molecule has 9 heteroatoms. The predicted molar refractivity (Wildman–Crippen MR) is 104 cm³/mol. The Morgan fingerprint density at radius 1 is 1.38 bits per heavy atom. The summed E-state index contributed by atoms with van der Waals surface area (Å²) in [7, 11) is -2.58. The SMILES string of the molecule is COC(=O)c1scc(C)c1S(=O)(=O)NCC1NCCc2ccccc21.Cl. The molecule has 1 atom stereocenters. The van der Waals surface area contributed by atoms with Gasteiger partial charge in [-0.25, -0.2) is 17.9 Å². The van der Waals surface area contributed by atoms with Crippen molar-refractivity contribution in [3.8, 4) is 0 Å². The minimum atomic E-state index is -3.82. The van der Waals surface area contributed by atoms with Crippen LogP contribution in [0.2, 0.25) is 0 Å². The van der Waals surface area contributed by atoms with Crippen molar-refractivity contribution in [3.63, 3.8) is 0 Å². The Morgan fingerprint density at radius 3 is 2.85 bits per heavy atom. The van der Waals surface area contributed by atoms with Gasteiger partial charge in [-0.15, -0.1) is 23.7 Å². The lowest BCUT2D eigenvalue weighted by Crippen LogP contribution is -2.39. The zero-order valence-electron chi connectivity index (χ0n) is 14.4. The number of sulfonamides is 1. The molecule has 1 aromatic heterocycles. The van der Waals surface area contributed by atoms with Gasteiger partial charge in [-0.1, -0.05) is 24.3 Å². The van der Waals surface area contributed by atoms with Gasteiger partial charge in [0.15, 0.2) is 0 Å². The van der Waals surface area contributed by atoms with E-state index < -0.39 is 16.0 Å². The minimum Gasteiger partial charge on any atom is -0.465 e. The average molecular weight is 417 g/mol. The first-order chi connectivity index (χ1) is 11.9. The lowest BCUT2D eigenvalue weighted by atomic mass is 9.95. The molecular formula is C17H21ClN2O4S2. The molecule has 2 aromatic rings. The molecule has 0 spiro atoms. The molecule has 3 rings (SSSR count). The highest BCUT2D eigenvalue weighted by atomic mass is 35.5. The summed E-state index contributed by atoms with van der Waals surface area (Å²) in [6, 6.07) is 7.92. The molecule has 2 heterocycles. The maximum Gasteiger partial charge on any atom is 0.349 e. The highest BCUT2D eigenvalue weighted by Gasteiger charge is 2.29. The van der Waals surface area contributed by atoms with Gasteiger partial charge < -0.3 is 10.1 Å². The molecule has 0 bridgehead atoms. The Kier molecular flexibility index (Phi) is 6.81. The molecule has 6 nitrogen and oxygen atoms in total. The second kappa shape index (κ2) is 8.49. The average Bonchev–Trinajstić information content (AvgIpc) is 3.01. The number of fused-ring (bicyclic) bond motifs is 1. The van der Waals surface area contributed by atoms with Gasteiger partial charge in [0.1, 0.15) is 9.77 Å². The maximum atomic E-state index is 12.8. The molecular weight excluding hydrogens is 396 g/mol. The van der Waals surface area contributed by atoms with Crippen LogP contribution in [0.15, 0.2) is 34.5 Å². The molecule has 0 saturated heterocycles. The van der Waals surface area contributed by atoms with Crippen molar-refractivity contribution in [3.05, 3.63) is 51.2 Å². The number of thiophene rings is 1. The van der Waals surface area contributed by atoms with Crippen molar-refractivity contribution >= 4 is 39.7 Å². The van der Waals surface area contributed by atoms with Gasteiger partial charge in [0.25, 0.3) is 0 Å². The fraction of sp³-hybridized carbons (Fsp3) is 0.353. The van der Waals surface area contributed by atoms with E-state index >= 15 is 0 Å². The summed E-state index contributed by atoms with van der Waals surface area (Å²) in [6.45, 7) is 2.69. The molecule has 0 saturated carbocycles. The van der Waals surface area contributed by atoms with Crippen molar-refractivity contribution in [1.29, 1.82) is 0 Å². The van der Waals surface area contributed by atoms with E-state index in [1.165, 1.54) is 12.7 Å². The number of halogens is 1. The standard InChI is InChI=1S/C17H20N2O4S2.ClH/c1-11-10-24-15(17(20)23-2)16(11)25(21,22)19-9-14-13-6-4-3-5-12(13)7-8-18-14;/h3-6,10,14,18-19H,7-9H2,1-2H3;1H. The molecule has 1 aromatic carbocycles. The Balaban J connectivity index is 0.00000243. The van der Waals surface area contributed by atoms with Crippen LogP contribution < -0.4 is 10.0 Å². The first-order valence-corrected chi connectivity index (χ1v) is 10.3. The number of esters is 1. The van der Waals surface area contributed by atoms with Gasteiger partial charge in [-0.2, -0.15) is 0 Å². The number of rotatable bonds is 5.